The van der Waals surface area contributed by atoms with Crippen LogP contribution in [0.15, 0.2) is 28.7 Å². The minimum Gasteiger partial charge on any atom is -0.271 e. The maximum absolute atomic E-state index is 5.96. The van der Waals surface area contributed by atoms with Crippen LogP contribution in [0.1, 0.15) is 27.6 Å². The third-order valence-electron chi connectivity index (χ3n) is 3.10. The SMILES string of the molecule is Cc1cc(C(Cc2ccc(Cl)s2)NN)cc(C)c1Br. The quantitative estimate of drug-likeness (QED) is 0.622. The topological polar surface area (TPSA) is 38.0 Å². The van der Waals surface area contributed by atoms with Crippen molar-refractivity contribution in [2.75, 3.05) is 0 Å². The van der Waals surface area contributed by atoms with Gasteiger partial charge in [-0.1, -0.05) is 39.7 Å². The van der Waals surface area contributed by atoms with Gasteiger partial charge < -0.3 is 0 Å². The molecule has 0 bridgehead atoms. The van der Waals surface area contributed by atoms with E-state index in [1.54, 1.807) is 11.3 Å². The number of rotatable bonds is 4. The van der Waals surface area contributed by atoms with Crippen molar-refractivity contribution in [1.29, 1.82) is 0 Å². The first kappa shape index (κ1) is 15.0. The van der Waals surface area contributed by atoms with Gasteiger partial charge in [0.25, 0.3) is 0 Å². The maximum Gasteiger partial charge on any atom is 0.0931 e. The molecule has 5 heteroatoms. The molecule has 0 aliphatic rings. The summed E-state index contributed by atoms with van der Waals surface area (Å²) in [7, 11) is 0. The summed E-state index contributed by atoms with van der Waals surface area (Å²) < 4.78 is 1.97. The molecule has 1 aromatic carbocycles. The van der Waals surface area contributed by atoms with Crippen LogP contribution in [0.4, 0.5) is 0 Å². The van der Waals surface area contributed by atoms with Crippen molar-refractivity contribution in [1.82, 2.24) is 5.43 Å². The lowest BCUT2D eigenvalue weighted by Crippen LogP contribution is -2.29. The second-order valence-corrected chi connectivity index (χ2v) is 7.19. The largest absolute Gasteiger partial charge is 0.271 e. The van der Waals surface area contributed by atoms with E-state index in [0.717, 1.165) is 15.2 Å². The van der Waals surface area contributed by atoms with E-state index in [1.807, 2.05) is 6.07 Å². The van der Waals surface area contributed by atoms with E-state index in [2.05, 4.69) is 53.4 Å². The van der Waals surface area contributed by atoms with Gasteiger partial charge in [0, 0.05) is 15.8 Å². The predicted octanol–water partition coefficient (Wildman–Crippen LogP) is 4.53. The van der Waals surface area contributed by atoms with Crippen molar-refractivity contribution < 1.29 is 0 Å². The van der Waals surface area contributed by atoms with Crippen LogP contribution in [0, 0.1) is 13.8 Å². The van der Waals surface area contributed by atoms with Gasteiger partial charge in [-0.25, -0.2) is 0 Å². The van der Waals surface area contributed by atoms with Crippen LogP contribution in [0.25, 0.3) is 0 Å². The lowest BCUT2D eigenvalue weighted by atomic mass is 9.99. The molecule has 0 saturated heterocycles. The third-order valence-corrected chi connectivity index (χ3v) is 5.60. The summed E-state index contributed by atoms with van der Waals surface area (Å²) in [5, 5.41) is 0. The van der Waals surface area contributed by atoms with Crippen LogP contribution in [0.5, 0.6) is 0 Å². The summed E-state index contributed by atoms with van der Waals surface area (Å²) in [6, 6.07) is 8.40. The van der Waals surface area contributed by atoms with Gasteiger partial charge in [0.2, 0.25) is 0 Å². The lowest BCUT2D eigenvalue weighted by Gasteiger charge is -2.18. The average Bonchev–Trinajstić information content (AvgIpc) is 2.78. The van der Waals surface area contributed by atoms with Gasteiger partial charge in [0.05, 0.1) is 10.4 Å². The summed E-state index contributed by atoms with van der Waals surface area (Å²) in [4.78, 5) is 1.23. The Morgan fingerprint density at radius 1 is 1.32 bits per heavy atom. The predicted molar refractivity (Wildman–Crippen MR) is 86.7 cm³/mol. The van der Waals surface area contributed by atoms with E-state index < -0.39 is 0 Å². The molecular formula is C14H16BrClN2S. The Hall–Kier alpha value is -0.390. The lowest BCUT2D eigenvalue weighted by molar-refractivity contribution is 0.555. The maximum atomic E-state index is 5.96. The number of hydrazine groups is 1. The molecule has 0 saturated carbocycles. The minimum atomic E-state index is 0.0974. The van der Waals surface area contributed by atoms with E-state index in [9.17, 15) is 0 Å². The molecule has 0 radical (unpaired) electrons. The van der Waals surface area contributed by atoms with Gasteiger partial charge in [0.15, 0.2) is 0 Å². The molecule has 0 aliphatic heterocycles. The van der Waals surface area contributed by atoms with Crippen molar-refractivity contribution in [3.8, 4) is 0 Å². The number of nitrogens with two attached hydrogens (primary N) is 1. The molecule has 3 N–H and O–H groups in total. The summed E-state index contributed by atoms with van der Waals surface area (Å²) in [6.07, 6.45) is 0.842. The Morgan fingerprint density at radius 3 is 2.42 bits per heavy atom. The second kappa shape index (κ2) is 6.37. The van der Waals surface area contributed by atoms with Crippen LogP contribution in [-0.4, -0.2) is 0 Å². The molecule has 1 aromatic heterocycles. The Balaban J connectivity index is 2.27. The van der Waals surface area contributed by atoms with Crippen molar-refractivity contribution in [3.63, 3.8) is 0 Å². The molecule has 102 valence electrons. The van der Waals surface area contributed by atoms with E-state index >= 15 is 0 Å². The molecule has 0 spiro atoms. The van der Waals surface area contributed by atoms with E-state index in [0.29, 0.717) is 0 Å². The van der Waals surface area contributed by atoms with Gasteiger partial charge in [-0.05, 0) is 42.7 Å². The van der Waals surface area contributed by atoms with Crippen molar-refractivity contribution in [3.05, 3.63) is 54.6 Å². The van der Waals surface area contributed by atoms with E-state index in [4.69, 9.17) is 17.4 Å². The Morgan fingerprint density at radius 2 is 1.95 bits per heavy atom. The minimum absolute atomic E-state index is 0.0974. The zero-order valence-electron chi connectivity index (χ0n) is 10.8. The standard InChI is InChI=1S/C14H16BrClN2S/c1-8-5-10(6-9(2)14(8)15)12(18-17)7-11-3-4-13(16)19-11/h3-6,12,18H,7,17H2,1-2H3. The highest BCUT2D eigenvalue weighted by Crippen LogP contribution is 2.29. The third kappa shape index (κ3) is 3.58. The first-order valence-corrected chi connectivity index (χ1v) is 7.97. The molecule has 2 nitrogen and oxygen atoms in total. The molecule has 2 rings (SSSR count). The van der Waals surface area contributed by atoms with Crippen LogP contribution < -0.4 is 11.3 Å². The average molecular weight is 360 g/mol. The highest BCUT2D eigenvalue weighted by molar-refractivity contribution is 9.10. The number of thiophene rings is 1. The molecular weight excluding hydrogens is 344 g/mol. The van der Waals surface area contributed by atoms with Gasteiger partial charge in [-0.3, -0.25) is 11.3 Å². The highest BCUT2D eigenvalue weighted by Gasteiger charge is 2.14. The molecule has 1 unspecified atom stereocenters. The first-order chi connectivity index (χ1) is 9.01. The van der Waals surface area contributed by atoms with E-state index in [1.165, 1.54) is 21.6 Å². The Labute approximate surface area is 131 Å². The highest BCUT2D eigenvalue weighted by atomic mass is 79.9. The zero-order valence-corrected chi connectivity index (χ0v) is 14.0. The van der Waals surface area contributed by atoms with Crippen LogP contribution >= 0.6 is 38.9 Å². The Bertz CT molecular complexity index is 560. The molecule has 0 fully saturated rings. The summed E-state index contributed by atoms with van der Waals surface area (Å²) >= 11 is 11.2. The summed E-state index contributed by atoms with van der Waals surface area (Å²) in [5.74, 6) is 5.71. The van der Waals surface area contributed by atoms with Crippen molar-refractivity contribution in [2.24, 2.45) is 5.84 Å². The normalized spacial score (nSPS) is 12.7. The number of nitrogens with one attached hydrogen (secondary N) is 1. The molecule has 19 heavy (non-hydrogen) atoms. The fourth-order valence-electron chi connectivity index (χ4n) is 2.12. The summed E-state index contributed by atoms with van der Waals surface area (Å²) in [5.41, 5.74) is 6.54. The number of hydrogen-bond donors (Lipinski definition) is 2. The molecule has 0 aliphatic carbocycles. The van der Waals surface area contributed by atoms with Crippen LogP contribution in [0.2, 0.25) is 4.34 Å². The number of halogens is 2. The number of hydrogen-bond acceptors (Lipinski definition) is 3. The van der Waals surface area contributed by atoms with Crippen LogP contribution in [0.3, 0.4) is 0 Å². The summed E-state index contributed by atoms with van der Waals surface area (Å²) in [6.45, 7) is 4.19. The zero-order chi connectivity index (χ0) is 14.0. The fraction of sp³-hybridized carbons (Fsp3) is 0.286. The monoisotopic (exact) mass is 358 g/mol. The number of aryl methyl sites for hydroxylation is 2. The molecule has 0 amide bonds. The smallest absolute Gasteiger partial charge is 0.0931 e. The van der Waals surface area contributed by atoms with Gasteiger partial charge in [-0.15, -0.1) is 11.3 Å². The first-order valence-electron chi connectivity index (χ1n) is 5.98. The number of benzene rings is 1. The van der Waals surface area contributed by atoms with Gasteiger partial charge in [0.1, 0.15) is 0 Å². The molecule has 1 atom stereocenters. The van der Waals surface area contributed by atoms with Gasteiger partial charge in [-0.2, -0.15) is 0 Å². The van der Waals surface area contributed by atoms with Crippen LogP contribution in [-0.2, 0) is 6.42 Å². The van der Waals surface area contributed by atoms with E-state index in [-0.39, 0.29) is 6.04 Å². The van der Waals surface area contributed by atoms with Crippen molar-refractivity contribution >= 4 is 38.9 Å². The fourth-order valence-corrected chi connectivity index (χ4v) is 3.48. The molecule has 2 aromatic rings. The van der Waals surface area contributed by atoms with Crippen molar-refractivity contribution in [2.45, 2.75) is 26.3 Å². The second-order valence-electron chi connectivity index (χ2n) is 4.60. The Kier molecular flexibility index (Phi) is 5.03. The van der Waals surface area contributed by atoms with Gasteiger partial charge >= 0.3 is 0 Å². The molecule has 1 heterocycles.